The van der Waals surface area contributed by atoms with Gasteiger partial charge >= 0.3 is 5.69 Å². The van der Waals surface area contributed by atoms with Gasteiger partial charge in [-0.2, -0.15) is 0 Å². The zero-order valence-electron chi connectivity index (χ0n) is 10.8. The van der Waals surface area contributed by atoms with Crippen LogP contribution in [0.15, 0.2) is 24.3 Å². The Labute approximate surface area is 115 Å². The van der Waals surface area contributed by atoms with Gasteiger partial charge in [-0.15, -0.1) is 0 Å². The first kappa shape index (κ1) is 14.0. The number of nitro benzene ring substituents is 1. The Balaban J connectivity index is 1.93. The van der Waals surface area contributed by atoms with E-state index in [9.17, 15) is 19.7 Å². The van der Waals surface area contributed by atoms with Gasteiger partial charge in [0.25, 0.3) is 5.91 Å². The highest BCUT2D eigenvalue weighted by atomic mass is 16.6. The number of benzene rings is 1. The molecule has 1 aromatic rings. The molecule has 1 amide bonds. The summed E-state index contributed by atoms with van der Waals surface area (Å²) in [7, 11) is 0. The van der Waals surface area contributed by atoms with Gasteiger partial charge in [-0.3, -0.25) is 19.7 Å². The highest BCUT2D eigenvalue weighted by molar-refractivity contribution is 5.84. The molecule has 7 nitrogen and oxygen atoms in total. The van der Waals surface area contributed by atoms with Crippen molar-refractivity contribution < 1.29 is 19.2 Å². The number of ether oxygens (including phenoxy) is 1. The van der Waals surface area contributed by atoms with Crippen molar-refractivity contribution in [2.75, 3.05) is 19.7 Å². The van der Waals surface area contributed by atoms with Gasteiger partial charge in [0.15, 0.2) is 12.4 Å². The fourth-order valence-corrected chi connectivity index (χ4v) is 1.97. The van der Waals surface area contributed by atoms with Crippen molar-refractivity contribution in [2.24, 2.45) is 0 Å². The lowest BCUT2D eigenvalue weighted by molar-refractivity contribution is -0.385. The predicted octanol–water partition coefficient (Wildman–Crippen LogP) is 1.17. The molecule has 1 fully saturated rings. The SMILES string of the molecule is O=C1CCN(C(=O)COc2ccccc2[N+](=O)[O-])CC1. The third kappa shape index (κ3) is 3.31. The predicted molar refractivity (Wildman–Crippen MR) is 69.4 cm³/mol. The summed E-state index contributed by atoms with van der Waals surface area (Å²) >= 11 is 0. The first-order valence-corrected chi connectivity index (χ1v) is 6.23. The van der Waals surface area contributed by atoms with Crippen molar-refractivity contribution in [3.63, 3.8) is 0 Å². The maximum Gasteiger partial charge on any atom is 0.310 e. The molecule has 1 saturated heterocycles. The Bertz CT molecular complexity index is 533. The summed E-state index contributed by atoms with van der Waals surface area (Å²) in [6.07, 6.45) is 0.717. The fraction of sp³-hybridized carbons (Fsp3) is 0.385. The molecular weight excluding hydrogens is 264 g/mol. The Morgan fingerprint density at radius 3 is 2.60 bits per heavy atom. The normalized spacial score (nSPS) is 15.0. The van der Waals surface area contributed by atoms with E-state index in [1.165, 1.54) is 23.1 Å². The summed E-state index contributed by atoms with van der Waals surface area (Å²) in [5, 5.41) is 10.8. The maximum atomic E-state index is 11.9. The van der Waals surface area contributed by atoms with E-state index in [1.54, 1.807) is 6.07 Å². The molecule has 0 radical (unpaired) electrons. The van der Waals surface area contributed by atoms with E-state index < -0.39 is 4.92 Å². The minimum Gasteiger partial charge on any atom is -0.477 e. The third-order valence-electron chi connectivity index (χ3n) is 3.09. The molecule has 0 bridgehead atoms. The van der Waals surface area contributed by atoms with Crippen LogP contribution in [0.4, 0.5) is 5.69 Å². The largest absolute Gasteiger partial charge is 0.477 e. The molecule has 0 unspecified atom stereocenters. The molecule has 1 aliphatic rings. The lowest BCUT2D eigenvalue weighted by Crippen LogP contribution is -2.41. The Hall–Kier alpha value is -2.44. The Morgan fingerprint density at radius 2 is 1.95 bits per heavy atom. The number of amides is 1. The van der Waals surface area contributed by atoms with Crippen LogP contribution in [0.5, 0.6) is 5.75 Å². The van der Waals surface area contributed by atoms with Gasteiger partial charge in [0.2, 0.25) is 0 Å². The van der Waals surface area contributed by atoms with Gasteiger partial charge in [-0.25, -0.2) is 0 Å². The van der Waals surface area contributed by atoms with Crippen molar-refractivity contribution in [1.82, 2.24) is 4.90 Å². The van der Waals surface area contributed by atoms with Gasteiger partial charge in [0.05, 0.1) is 4.92 Å². The van der Waals surface area contributed by atoms with E-state index in [4.69, 9.17) is 4.74 Å². The van der Waals surface area contributed by atoms with Gasteiger partial charge in [-0.1, -0.05) is 12.1 Å². The average Bonchev–Trinajstić information content (AvgIpc) is 2.45. The van der Waals surface area contributed by atoms with Crippen LogP contribution in [0.25, 0.3) is 0 Å². The zero-order valence-corrected chi connectivity index (χ0v) is 10.8. The number of likely N-dealkylation sites (tertiary alicyclic amines) is 1. The number of ketones is 1. The molecule has 0 saturated carbocycles. The van der Waals surface area contributed by atoms with Crippen LogP contribution in [0.3, 0.4) is 0 Å². The lowest BCUT2D eigenvalue weighted by Gasteiger charge is -2.25. The summed E-state index contributed by atoms with van der Waals surface area (Å²) in [5.74, 6) is -0.0525. The van der Waals surface area contributed by atoms with Crippen molar-refractivity contribution in [2.45, 2.75) is 12.8 Å². The van der Waals surface area contributed by atoms with Crippen LogP contribution in [0.2, 0.25) is 0 Å². The molecule has 0 aliphatic carbocycles. The van der Waals surface area contributed by atoms with Crippen LogP contribution >= 0.6 is 0 Å². The number of nitro groups is 1. The molecule has 0 N–H and O–H groups in total. The second-order valence-electron chi connectivity index (χ2n) is 4.43. The van der Waals surface area contributed by atoms with Crippen molar-refractivity contribution in [1.29, 1.82) is 0 Å². The Kier molecular flexibility index (Phi) is 4.29. The molecule has 20 heavy (non-hydrogen) atoms. The number of para-hydroxylation sites is 2. The number of hydrogen-bond donors (Lipinski definition) is 0. The molecule has 1 aromatic carbocycles. The molecule has 7 heteroatoms. The standard InChI is InChI=1S/C13H14N2O5/c16-10-5-7-14(8-6-10)13(17)9-20-12-4-2-1-3-11(12)15(18)19/h1-4H,5-9H2. The summed E-state index contributed by atoms with van der Waals surface area (Å²) in [6, 6.07) is 5.90. The lowest BCUT2D eigenvalue weighted by atomic mass is 10.1. The average molecular weight is 278 g/mol. The molecule has 106 valence electrons. The van der Waals surface area contributed by atoms with Crippen LogP contribution in [0.1, 0.15) is 12.8 Å². The summed E-state index contributed by atoms with van der Waals surface area (Å²) in [5.41, 5.74) is -0.172. The number of rotatable bonds is 4. The monoisotopic (exact) mass is 278 g/mol. The topological polar surface area (TPSA) is 89.8 Å². The Morgan fingerprint density at radius 1 is 1.30 bits per heavy atom. The van der Waals surface area contributed by atoms with Crippen LogP contribution in [-0.2, 0) is 9.59 Å². The molecular formula is C13H14N2O5. The number of hydrogen-bond acceptors (Lipinski definition) is 5. The summed E-state index contributed by atoms with van der Waals surface area (Å²) < 4.78 is 5.22. The van der Waals surface area contributed by atoms with E-state index >= 15 is 0 Å². The van der Waals surface area contributed by atoms with Gasteiger partial charge in [0.1, 0.15) is 5.78 Å². The van der Waals surface area contributed by atoms with Crippen molar-refractivity contribution >= 4 is 17.4 Å². The number of nitrogens with zero attached hydrogens (tertiary/aromatic N) is 2. The van der Waals surface area contributed by atoms with E-state index in [-0.39, 0.29) is 29.7 Å². The van der Waals surface area contributed by atoms with Gasteiger partial charge in [0, 0.05) is 32.0 Å². The minimum absolute atomic E-state index is 0.0685. The minimum atomic E-state index is -0.556. The highest BCUT2D eigenvalue weighted by Crippen LogP contribution is 2.25. The summed E-state index contributed by atoms with van der Waals surface area (Å²) in [6.45, 7) is 0.509. The second-order valence-corrected chi connectivity index (χ2v) is 4.43. The van der Waals surface area contributed by atoms with E-state index in [1.807, 2.05) is 0 Å². The number of carbonyl (C=O) groups is 2. The van der Waals surface area contributed by atoms with Crippen LogP contribution in [-0.4, -0.2) is 41.2 Å². The first-order valence-electron chi connectivity index (χ1n) is 6.23. The highest BCUT2D eigenvalue weighted by Gasteiger charge is 2.22. The van der Waals surface area contributed by atoms with Gasteiger partial charge in [-0.05, 0) is 6.07 Å². The maximum absolute atomic E-state index is 11.9. The zero-order chi connectivity index (χ0) is 14.5. The molecule has 0 atom stereocenters. The fourth-order valence-electron chi connectivity index (χ4n) is 1.97. The molecule has 2 rings (SSSR count). The van der Waals surface area contributed by atoms with Crippen LogP contribution in [0, 0.1) is 10.1 Å². The molecule has 0 spiro atoms. The number of carbonyl (C=O) groups excluding carboxylic acids is 2. The quantitative estimate of drug-likeness (QED) is 0.609. The third-order valence-corrected chi connectivity index (χ3v) is 3.09. The van der Waals surface area contributed by atoms with Gasteiger partial charge < -0.3 is 9.64 Å². The molecule has 1 aliphatic heterocycles. The first-order chi connectivity index (χ1) is 9.58. The molecule has 0 aromatic heterocycles. The second kappa shape index (κ2) is 6.14. The number of Topliss-reactive ketones (excluding diaryl/α,β-unsaturated/α-hetero) is 1. The smallest absolute Gasteiger partial charge is 0.310 e. The summed E-state index contributed by atoms with van der Waals surface area (Å²) in [4.78, 5) is 34.7. The van der Waals surface area contributed by atoms with Crippen molar-refractivity contribution in [3.8, 4) is 5.75 Å². The number of piperidine rings is 1. The van der Waals surface area contributed by atoms with E-state index in [0.717, 1.165) is 0 Å². The van der Waals surface area contributed by atoms with Crippen LogP contribution < -0.4 is 4.74 Å². The van der Waals surface area contributed by atoms with E-state index in [2.05, 4.69) is 0 Å². The molecule has 1 heterocycles. The van der Waals surface area contributed by atoms with Crippen molar-refractivity contribution in [3.05, 3.63) is 34.4 Å². The van der Waals surface area contributed by atoms with E-state index in [0.29, 0.717) is 25.9 Å².